The van der Waals surface area contributed by atoms with Gasteiger partial charge in [0.2, 0.25) is 0 Å². The van der Waals surface area contributed by atoms with Crippen LogP contribution in [-0.2, 0) is 16.1 Å². The van der Waals surface area contributed by atoms with E-state index in [0.717, 1.165) is 10.9 Å². The number of nitrogens with one attached hydrogen (secondary N) is 1. The van der Waals surface area contributed by atoms with Gasteiger partial charge in [-0.25, -0.2) is 0 Å². The number of fused-ring (bicyclic) bond motifs is 1. The molecule has 0 bridgehead atoms. The van der Waals surface area contributed by atoms with Crippen LogP contribution in [0.2, 0.25) is 0 Å². The number of benzene rings is 1. The van der Waals surface area contributed by atoms with E-state index in [1.54, 1.807) is 7.05 Å². The maximum Gasteiger partial charge on any atom is 0.323 e. The zero-order valence-corrected chi connectivity index (χ0v) is 11.3. The van der Waals surface area contributed by atoms with Crippen LogP contribution in [0.4, 0.5) is 0 Å². The Labute approximate surface area is 112 Å². The molecule has 0 aliphatic carbocycles. The number of nitrogens with zero attached hydrogens (tertiary/aromatic N) is 2. The van der Waals surface area contributed by atoms with Crippen molar-refractivity contribution in [1.82, 2.24) is 15.1 Å². The maximum absolute atomic E-state index is 11.7. The second-order valence-electron chi connectivity index (χ2n) is 4.31. The van der Waals surface area contributed by atoms with Gasteiger partial charge in [-0.05, 0) is 26.5 Å². The van der Waals surface area contributed by atoms with E-state index in [1.165, 1.54) is 0 Å². The lowest BCUT2D eigenvalue weighted by Gasteiger charge is -2.14. The van der Waals surface area contributed by atoms with Crippen molar-refractivity contribution in [2.45, 2.75) is 25.9 Å². The van der Waals surface area contributed by atoms with Gasteiger partial charge < -0.3 is 10.1 Å². The van der Waals surface area contributed by atoms with Crippen LogP contribution < -0.4 is 5.32 Å². The second-order valence-corrected chi connectivity index (χ2v) is 4.31. The van der Waals surface area contributed by atoms with E-state index in [0.29, 0.717) is 19.6 Å². The van der Waals surface area contributed by atoms with E-state index in [2.05, 4.69) is 10.4 Å². The summed E-state index contributed by atoms with van der Waals surface area (Å²) in [6.07, 6.45) is 2.50. The van der Waals surface area contributed by atoms with Crippen molar-refractivity contribution in [3.05, 3.63) is 30.5 Å². The molecule has 1 atom stereocenters. The van der Waals surface area contributed by atoms with Crippen LogP contribution in [0.3, 0.4) is 0 Å². The number of ether oxygens (including phenoxy) is 1. The van der Waals surface area contributed by atoms with Crippen molar-refractivity contribution in [2.75, 3.05) is 13.7 Å². The van der Waals surface area contributed by atoms with Gasteiger partial charge in [0.1, 0.15) is 6.04 Å². The van der Waals surface area contributed by atoms with E-state index in [9.17, 15) is 4.79 Å². The van der Waals surface area contributed by atoms with Crippen LogP contribution >= 0.6 is 0 Å². The zero-order valence-electron chi connectivity index (χ0n) is 11.3. The largest absolute Gasteiger partial charge is 0.465 e. The summed E-state index contributed by atoms with van der Waals surface area (Å²) in [6.45, 7) is 2.89. The quantitative estimate of drug-likeness (QED) is 0.802. The summed E-state index contributed by atoms with van der Waals surface area (Å²) in [4.78, 5) is 11.7. The number of rotatable bonds is 6. The summed E-state index contributed by atoms with van der Waals surface area (Å²) in [5, 5.41) is 8.44. The van der Waals surface area contributed by atoms with Gasteiger partial charge in [-0.1, -0.05) is 18.2 Å². The first-order chi connectivity index (χ1) is 9.26. The van der Waals surface area contributed by atoms with Gasteiger partial charge in [-0.15, -0.1) is 0 Å². The number of aromatic nitrogens is 2. The molecule has 1 heterocycles. The predicted molar refractivity (Wildman–Crippen MR) is 73.8 cm³/mol. The lowest BCUT2D eigenvalue weighted by molar-refractivity contribution is -0.145. The summed E-state index contributed by atoms with van der Waals surface area (Å²) in [7, 11) is 1.77. The first-order valence-electron chi connectivity index (χ1n) is 6.50. The summed E-state index contributed by atoms with van der Waals surface area (Å²) >= 11 is 0. The van der Waals surface area contributed by atoms with Crippen LogP contribution in [0, 0.1) is 0 Å². The topological polar surface area (TPSA) is 56.2 Å². The summed E-state index contributed by atoms with van der Waals surface area (Å²) in [5.74, 6) is -0.207. The molecule has 0 saturated heterocycles. The third-order valence-corrected chi connectivity index (χ3v) is 3.10. The first-order valence-corrected chi connectivity index (χ1v) is 6.50. The second kappa shape index (κ2) is 6.33. The molecule has 1 unspecified atom stereocenters. The number of likely N-dealkylation sites (N-methyl/N-ethyl adjacent to an activating group) is 1. The highest BCUT2D eigenvalue weighted by Crippen LogP contribution is 2.13. The lowest BCUT2D eigenvalue weighted by atomic mass is 10.2. The van der Waals surface area contributed by atoms with Gasteiger partial charge >= 0.3 is 5.97 Å². The summed E-state index contributed by atoms with van der Waals surface area (Å²) in [5.41, 5.74) is 1.08. The molecular weight excluding hydrogens is 242 g/mol. The van der Waals surface area contributed by atoms with Crippen molar-refractivity contribution in [3.8, 4) is 0 Å². The monoisotopic (exact) mass is 261 g/mol. The van der Waals surface area contributed by atoms with Gasteiger partial charge in [0, 0.05) is 11.9 Å². The van der Waals surface area contributed by atoms with Gasteiger partial charge in [0.25, 0.3) is 0 Å². The molecular formula is C14H19N3O2. The molecule has 0 aliphatic rings. The molecule has 0 fully saturated rings. The Kier molecular flexibility index (Phi) is 4.52. The fourth-order valence-electron chi connectivity index (χ4n) is 2.08. The first kappa shape index (κ1) is 13.5. The molecule has 0 spiro atoms. The van der Waals surface area contributed by atoms with Gasteiger partial charge in [0.15, 0.2) is 0 Å². The van der Waals surface area contributed by atoms with Crippen molar-refractivity contribution in [2.24, 2.45) is 0 Å². The Balaban J connectivity index is 2.03. The third-order valence-electron chi connectivity index (χ3n) is 3.10. The minimum absolute atomic E-state index is 0.207. The number of esters is 1. The minimum Gasteiger partial charge on any atom is -0.465 e. The molecule has 2 aromatic rings. The molecule has 1 aromatic heterocycles. The average Bonchev–Trinajstić information content (AvgIpc) is 2.83. The van der Waals surface area contributed by atoms with E-state index < -0.39 is 0 Å². The van der Waals surface area contributed by atoms with Crippen LogP contribution in [0.25, 0.3) is 10.9 Å². The fraction of sp³-hybridized carbons (Fsp3) is 0.429. The summed E-state index contributed by atoms with van der Waals surface area (Å²) in [6, 6.07) is 7.74. The Morgan fingerprint density at radius 3 is 3.00 bits per heavy atom. The van der Waals surface area contributed by atoms with E-state index in [-0.39, 0.29) is 12.0 Å². The molecule has 19 heavy (non-hydrogen) atoms. The molecule has 2 rings (SSSR count). The van der Waals surface area contributed by atoms with Crippen LogP contribution in [0.5, 0.6) is 0 Å². The van der Waals surface area contributed by atoms with Gasteiger partial charge in [-0.3, -0.25) is 9.48 Å². The Morgan fingerprint density at radius 2 is 2.26 bits per heavy atom. The molecule has 1 aromatic carbocycles. The summed E-state index contributed by atoms with van der Waals surface area (Å²) < 4.78 is 6.94. The van der Waals surface area contributed by atoms with Crippen LogP contribution in [-0.4, -0.2) is 35.4 Å². The van der Waals surface area contributed by atoms with Crippen LogP contribution in [0.15, 0.2) is 30.5 Å². The van der Waals surface area contributed by atoms with Crippen molar-refractivity contribution in [1.29, 1.82) is 0 Å². The molecule has 0 aliphatic heterocycles. The molecule has 5 nitrogen and oxygen atoms in total. The molecule has 0 radical (unpaired) electrons. The zero-order chi connectivity index (χ0) is 13.7. The Hall–Kier alpha value is -1.88. The smallest absolute Gasteiger partial charge is 0.323 e. The third kappa shape index (κ3) is 3.12. The highest BCUT2D eigenvalue weighted by molar-refractivity contribution is 5.78. The van der Waals surface area contributed by atoms with E-state index in [4.69, 9.17) is 4.74 Å². The Bertz CT molecular complexity index is 550. The highest BCUT2D eigenvalue weighted by Gasteiger charge is 2.17. The molecule has 0 saturated carbocycles. The van der Waals surface area contributed by atoms with Crippen LogP contribution in [0.1, 0.15) is 13.3 Å². The van der Waals surface area contributed by atoms with Gasteiger partial charge in [0.05, 0.1) is 18.3 Å². The molecule has 102 valence electrons. The number of para-hydroxylation sites is 1. The average molecular weight is 261 g/mol. The normalized spacial score (nSPS) is 12.5. The number of carbonyl (C=O) groups is 1. The predicted octanol–water partition coefficient (Wildman–Crippen LogP) is 1.58. The van der Waals surface area contributed by atoms with E-state index in [1.807, 2.05) is 42.1 Å². The number of hydrogen-bond donors (Lipinski definition) is 1. The van der Waals surface area contributed by atoms with Crippen molar-refractivity contribution in [3.63, 3.8) is 0 Å². The SMILES string of the molecule is CCOC(=O)C(CCn1ncc2ccccc21)NC. The standard InChI is InChI=1S/C14H19N3O2/c1-3-19-14(18)12(15-2)8-9-17-13-7-5-4-6-11(13)10-16-17/h4-7,10,12,15H,3,8-9H2,1-2H3. The van der Waals surface area contributed by atoms with Crippen molar-refractivity contribution >= 4 is 16.9 Å². The lowest BCUT2D eigenvalue weighted by Crippen LogP contribution is -2.36. The molecule has 1 N–H and O–H groups in total. The number of aryl methyl sites for hydroxylation is 1. The van der Waals surface area contributed by atoms with Crippen molar-refractivity contribution < 1.29 is 9.53 Å². The van der Waals surface area contributed by atoms with E-state index >= 15 is 0 Å². The Morgan fingerprint density at radius 1 is 1.47 bits per heavy atom. The number of hydrogen-bond acceptors (Lipinski definition) is 4. The molecule has 0 amide bonds. The van der Waals surface area contributed by atoms with Gasteiger partial charge in [-0.2, -0.15) is 5.10 Å². The minimum atomic E-state index is -0.289. The maximum atomic E-state index is 11.7. The molecule has 5 heteroatoms. The fourth-order valence-corrected chi connectivity index (χ4v) is 2.08. The number of carbonyl (C=O) groups excluding carboxylic acids is 1. The highest BCUT2D eigenvalue weighted by atomic mass is 16.5.